The van der Waals surface area contributed by atoms with E-state index < -0.39 is 6.03 Å². The summed E-state index contributed by atoms with van der Waals surface area (Å²) in [6.45, 7) is 1.99. The van der Waals surface area contributed by atoms with Crippen molar-refractivity contribution in [3.8, 4) is 5.69 Å². The van der Waals surface area contributed by atoms with Crippen molar-refractivity contribution in [1.82, 2.24) is 20.4 Å². The third-order valence-corrected chi connectivity index (χ3v) is 5.05. The van der Waals surface area contributed by atoms with Gasteiger partial charge >= 0.3 is 6.03 Å². The molecular formula is C13H14N4O2S3. The highest BCUT2D eigenvalue weighted by Gasteiger charge is 2.11. The molecule has 0 fully saturated rings. The van der Waals surface area contributed by atoms with Crippen LogP contribution in [0.25, 0.3) is 5.69 Å². The summed E-state index contributed by atoms with van der Waals surface area (Å²) in [5.74, 6) is -0.281. The van der Waals surface area contributed by atoms with E-state index in [1.807, 2.05) is 31.2 Å². The minimum atomic E-state index is -0.524. The molecule has 3 amide bonds. The van der Waals surface area contributed by atoms with Gasteiger partial charge in [0.15, 0.2) is 8.29 Å². The molecule has 2 aromatic rings. The van der Waals surface area contributed by atoms with Gasteiger partial charge in [0.1, 0.15) is 0 Å². The lowest BCUT2D eigenvalue weighted by Gasteiger charge is -2.04. The molecule has 1 aromatic carbocycles. The van der Waals surface area contributed by atoms with Gasteiger partial charge in [-0.3, -0.25) is 10.1 Å². The molecule has 0 saturated heterocycles. The Hall–Kier alpha value is -1.71. The molecule has 6 nitrogen and oxygen atoms in total. The standard InChI is InChI=1S/C13H14N4O2S3/c1-8-5-3-4-6-9(8)17-13(20)22-12(16-17)21-7-10(18)15-11(19)14-2/h3-6H,7H2,1-2H3,(H2,14,15,18,19). The SMILES string of the molecule is CNC(=O)NC(=O)CSc1nn(-c2ccccc2C)c(=S)s1. The molecule has 0 aliphatic heterocycles. The number of rotatable bonds is 4. The van der Waals surface area contributed by atoms with Gasteiger partial charge in [-0.1, -0.05) is 41.3 Å². The summed E-state index contributed by atoms with van der Waals surface area (Å²) in [6.07, 6.45) is 0. The van der Waals surface area contributed by atoms with Gasteiger partial charge in [-0.15, -0.1) is 5.10 Å². The zero-order valence-electron chi connectivity index (χ0n) is 12.0. The third-order valence-electron chi connectivity index (χ3n) is 2.68. The molecule has 2 rings (SSSR count). The first-order valence-electron chi connectivity index (χ1n) is 6.32. The minimum absolute atomic E-state index is 0.101. The molecule has 0 aliphatic rings. The van der Waals surface area contributed by atoms with Crippen LogP contribution in [0.5, 0.6) is 0 Å². The molecule has 0 atom stereocenters. The molecule has 1 aromatic heterocycles. The number of hydrogen-bond donors (Lipinski definition) is 2. The molecular weight excluding hydrogens is 340 g/mol. The average Bonchev–Trinajstić information content (AvgIpc) is 2.86. The highest BCUT2D eigenvalue weighted by molar-refractivity contribution is 8.01. The van der Waals surface area contributed by atoms with Gasteiger partial charge in [0, 0.05) is 7.05 Å². The van der Waals surface area contributed by atoms with Gasteiger partial charge in [0.05, 0.1) is 11.4 Å². The number of aryl methyl sites for hydroxylation is 1. The quantitative estimate of drug-likeness (QED) is 0.652. The van der Waals surface area contributed by atoms with Crippen LogP contribution in [0.15, 0.2) is 28.6 Å². The van der Waals surface area contributed by atoms with Crippen LogP contribution in [0, 0.1) is 10.9 Å². The van der Waals surface area contributed by atoms with Crippen LogP contribution in [0.4, 0.5) is 4.79 Å². The van der Waals surface area contributed by atoms with Crippen molar-refractivity contribution in [3.05, 3.63) is 33.8 Å². The maximum atomic E-state index is 11.6. The van der Waals surface area contributed by atoms with E-state index in [2.05, 4.69) is 15.7 Å². The van der Waals surface area contributed by atoms with Crippen molar-refractivity contribution in [2.24, 2.45) is 0 Å². The lowest BCUT2D eigenvalue weighted by Crippen LogP contribution is -2.38. The van der Waals surface area contributed by atoms with E-state index in [0.29, 0.717) is 8.29 Å². The Bertz CT molecular complexity index is 754. The molecule has 0 spiro atoms. The molecule has 0 bridgehead atoms. The number of carbonyl (C=O) groups excluding carboxylic acids is 2. The molecule has 22 heavy (non-hydrogen) atoms. The Morgan fingerprint density at radius 3 is 2.82 bits per heavy atom. The highest BCUT2D eigenvalue weighted by Crippen LogP contribution is 2.24. The number of carbonyl (C=O) groups is 2. The van der Waals surface area contributed by atoms with E-state index in [4.69, 9.17) is 12.2 Å². The number of urea groups is 1. The molecule has 1 heterocycles. The lowest BCUT2D eigenvalue weighted by molar-refractivity contribution is -0.117. The molecule has 0 unspecified atom stereocenters. The van der Waals surface area contributed by atoms with Crippen LogP contribution < -0.4 is 10.6 Å². The fourth-order valence-corrected chi connectivity index (χ4v) is 3.77. The van der Waals surface area contributed by atoms with E-state index in [-0.39, 0.29) is 11.7 Å². The number of nitrogens with one attached hydrogen (secondary N) is 2. The summed E-state index contributed by atoms with van der Waals surface area (Å²) in [6, 6.07) is 7.28. The summed E-state index contributed by atoms with van der Waals surface area (Å²) in [4.78, 5) is 22.6. The van der Waals surface area contributed by atoms with Crippen LogP contribution in [-0.4, -0.2) is 34.5 Å². The van der Waals surface area contributed by atoms with Crippen LogP contribution in [0.1, 0.15) is 5.56 Å². The van der Waals surface area contributed by atoms with Crippen LogP contribution >= 0.6 is 35.3 Å². The van der Waals surface area contributed by atoms with Crippen molar-refractivity contribution < 1.29 is 9.59 Å². The van der Waals surface area contributed by atoms with Gasteiger partial charge in [0.2, 0.25) is 5.91 Å². The van der Waals surface area contributed by atoms with E-state index in [1.54, 1.807) is 4.68 Å². The Kier molecular flexibility index (Phi) is 5.69. The second-order valence-electron chi connectivity index (χ2n) is 4.25. The monoisotopic (exact) mass is 354 g/mol. The van der Waals surface area contributed by atoms with E-state index in [1.165, 1.54) is 30.1 Å². The first-order chi connectivity index (χ1) is 10.5. The fourth-order valence-electron chi connectivity index (χ4n) is 1.62. The zero-order valence-corrected chi connectivity index (χ0v) is 14.4. The molecule has 0 aliphatic carbocycles. The van der Waals surface area contributed by atoms with E-state index in [9.17, 15) is 9.59 Å². The van der Waals surface area contributed by atoms with Crippen molar-refractivity contribution >= 4 is 47.3 Å². The number of aromatic nitrogens is 2. The topological polar surface area (TPSA) is 76.0 Å². The largest absolute Gasteiger partial charge is 0.341 e. The number of thioether (sulfide) groups is 1. The Morgan fingerprint density at radius 2 is 2.14 bits per heavy atom. The predicted molar refractivity (Wildman–Crippen MR) is 90.3 cm³/mol. The maximum absolute atomic E-state index is 11.6. The molecule has 116 valence electrons. The Balaban J connectivity index is 2.08. The van der Waals surface area contributed by atoms with Crippen molar-refractivity contribution in [1.29, 1.82) is 0 Å². The van der Waals surface area contributed by atoms with Gasteiger partial charge < -0.3 is 5.32 Å². The van der Waals surface area contributed by atoms with Gasteiger partial charge in [-0.2, -0.15) is 0 Å². The van der Waals surface area contributed by atoms with Crippen molar-refractivity contribution in [2.45, 2.75) is 11.3 Å². The molecule has 9 heteroatoms. The van der Waals surface area contributed by atoms with Gasteiger partial charge in [-0.05, 0) is 30.8 Å². The normalized spacial score (nSPS) is 10.3. The lowest BCUT2D eigenvalue weighted by atomic mass is 10.2. The Labute approximate surface area is 140 Å². The number of amides is 3. The van der Waals surface area contributed by atoms with Gasteiger partial charge in [-0.25, -0.2) is 9.48 Å². The third kappa shape index (κ3) is 4.15. The summed E-state index contributed by atoms with van der Waals surface area (Å²) >= 11 is 7.90. The van der Waals surface area contributed by atoms with Gasteiger partial charge in [0.25, 0.3) is 0 Å². The van der Waals surface area contributed by atoms with Crippen molar-refractivity contribution in [3.63, 3.8) is 0 Å². The number of hydrogen-bond acceptors (Lipinski definition) is 6. The molecule has 0 radical (unpaired) electrons. The number of nitrogens with zero attached hydrogens (tertiary/aromatic N) is 2. The van der Waals surface area contributed by atoms with E-state index >= 15 is 0 Å². The zero-order chi connectivity index (χ0) is 16.1. The predicted octanol–water partition coefficient (Wildman–Crippen LogP) is 2.52. The fraction of sp³-hybridized carbons (Fsp3) is 0.231. The first-order valence-corrected chi connectivity index (χ1v) is 8.53. The maximum Gasteiger partial charge on any atom is 0.321 e. The minimum Gasteiger partial charge on any atom is -0.341 e. The highest BCUT2D eigenvalue weighted by atomic mass is 32.2. The van der Waals surface area contributed by atoms with E-state index in [0.717, 1.165) is 11.3 Å². The second-order valence-corrected chi connectivity index (χ2v) is 7.09. The first kappa shape index (κ1) is 16.7. The summed E-state index contributed by atoms with van der Waals surface area (Å²) in [7, 11) is 1.45. The van der Waals surface area contributed by atoms with Crippen molar-refractivity contribution in [2.75, 3.05) is 12.8 Å². The average molecular weight is 354 g/mol. The summed E-state index contributed by atoms with van der Waals surface area (Å²) < 4.78 is 2.98. The number of benzene rings is 1. The number of imide groups is 1. The van der Waals surface area contributed by atoms with Crippen LogP contribution in [0.2, 0.25) is 0 Å². The number of para-hydroxylation sites is 1. The summed E-state index contributed by atoms with van der Waals surface area (Å²) in [5.41, 5.74) is 1.99. The molecule has 0 saturated carbocycles. The Morgan fingerprint density at radius 1 is 1.41 bits per heavy atom. The smallest absolute Gasteiger partial charge is 0.321 e. The second kappa shape index (κ2) is 7.52. The molecule has 2 N–H and O–H groups in total. The van der Waals surface area contributed by atoms with Crippen LogP contribution in [0.3, 0.4) is 0 Å². The summed E-state index contributed by atoms with van der Waals surface area (Å²) in [5, 5.41) is 8.94. The van der Waals surface area contributed by atoms with Crippen LogP contribution in [-0.2, 0) is 4.79 Å².